The fraction of sp³-hybridized carbons (Fsp3) is 0.500. The number of aryl methyl sites for hydroxylation is 2. The Morgan fingerprint density at radius 1 is 0.711 bits per heavy atom. The van der Waals surface area contributed by atoms with Crippen molar-refractivity contribution in [2.24, 2.45) is 0 Å². The number of rotatable bonds is 16. The smallest absolute Gasteiger partial charge is 0.292 e. The van der Waals surface area contributed by atoms with Gasteiger partial charge in [-0.25, -0.2) is 9.59 Å². The Labute approximate surface area is 227 Å². The topological polar surface area (TPSA) is 71.1 Å². The van der Waals surface area contributed by atoms with Gasteiger partial charge in [-0.3, -0.25) is 9.78 Å². The van der Waals surface area contributed by atoms with Crippen LogP contribution in [0.15, 0.2) is 48.5 Å². The van der Waals surface area contributed by atoms with Gasteiger partial charge >= 0.3 is 11.9 Å². The minimum atomic E-state index is -0.635. The number of hydrogen-bond donors (Lipinski definition) is 0. The van der Waals surface area contributed by atoms with E-state index in [1.54, 1.807) is 24.3 Å². The van der Waals surface area contributed by atoms with E-state index in [0.29, 0.717) is 30.1 Å². The molecule has 206 valence electrons. The number of benzene rings is 2. The predicted octanol–water partition coefficient (Wildman–Crippen LogP) is 8.10. The molecule has 2 aromatic carbocycles. The van der Waals surface area contributed by atoms with Crippen LogP contribution in [0.3, 0.4) is 0 Å². The SMILES string of the molecule is CCCCCCc1ccc(C(=O)OO[C]2CC[CH]CC2OOC(=O)c2ccc(CCCCCC)cc2)cc1. The lowest BCUT2D eigenvalue weighted by Gasteiger charge is -2.26. The average Bonchev–Trinajstić information content (AvgIpc) is 2.96. The first-order valence-electron chi connectivity index (χ1n) is 14.2. The zero-order chi connectivity index (χ0) is 27.0. The second-order valence-corrected chi connectivity index (χ2v) is 9.95. The Morgan fingerprint density at radius 3 is 1.76 bits per heavy atom. The zero-order valence-electron chi connectivity index (χ0n) is 22.9. The maximum atomic E-state index is 12.5. The molecule has 0 amide bonds. The average molecular weight is 523 g/mol. The van der Waals surface area contributed by atoms with Crippen molar-refractivity contribution in [3.63, 3.8) is 0 Å². The molecule has 1 aliphatic rings. The third-order valence-corrected chi connectivity index (χ3v) is 6.82. The fourth-order valence-electron chi connectivity index (χ4n) is 4.41. The molecule has 1 atom stereocenters. The molecule has 1 aliphatic carbocycles. The van der Waals surface area contributed by atoms with Gasteiger partial charge in [0.15, 0.2) is 6.10 Å². The summed E-state index contributed by atoms with van der Waals surface area (Å²) < 4.78 is 0. The quantitative estimate of drug-likeness (QED) is 0.126. The summed E-state index contributed by atoms with van der Waals surface area (Å²) in [5.41, 5.74) is 3.24. The Morgan fingerprint density at radius 2 is 1.24 bits per heavy atom. The lowest BCUT2D eigenvalue weighted by molar-refractivity contribution is -0.317. The van der Waals surface area contributed by atoms with Crippen LogP contribution < -0.4 is 0 Å². The molecule has 0 aliphatic heterocycles. The summed E-state index contributed by atoms with van der Waals surface area (Å²) in [6.45, 7) is 4.39. The van der Waals surface area contributed by atoms with Crippen molar-refractivity contribution in [2.45, 2.75) is 103 Å². The van der Waals surface area contributed by atoms with Gasteiger partial charge in [-0.1, -0.05) is 76.6 Å². The summed E-state index contributed by atoms with van der Waals surface area (Å²) in [4.78, 5) is 46.0. The van der Waals surface area contributed by atoms with Gasteiger partial charge in [-0.05, 0) is 86.8 Å². The largest absolute Gasteiger partial charge is 0.373 e. The summed E-state index contributed by atoms with van der Waals surface area (Å²) >= 11 is 0. The number of carbonyl (C=O) groups is 2. The lowest BCUT2D eigenvalue weighted by Crippen LogP contribution is -2.30. The lowest BCUT2D eigenvalue weighted by atomic mass is 9.95. The van der Waals surface area contributed by atoms with Crippen molar-refractivity contribution in [1.29, 1.82) is 0 Å². The van der Waals surface area contributed by atoms with Crippen LogP contribution in [0.2, 0.25) is 0 Å². The van der Waals surface area contributed by atoms with Crippen LogP contribution >= 0.6 is 0 Å². The molecule has 0 saturated heterocycles. The number of carbonyl (C=O) groups excluding carboxylic acids is 2. The molecule has 2 aromatic rings. The van der Waals surface area contributed by atoms with Crippen molar-refractivity contribution >= 4 is 11.9 Å². The van der Waals surface area contributed by atoms with Gasteiger partial charge in [-0.2, -0.15) is 9.78 Å². The summed E-state index contributed by atoms with van der Waals surface area (Å²) in [7, 11) is 0. The van der Waals surface area contributed by atoms with Gasteiger partial charge in [-0.15, -0.1) is 0 Å². The van der Waals surface area contributed by atoms with Gasteiger partial charge in [0.2, 0.25) is 0 Å². The summed E-state index contributed by atoms with van der Waals surface area (Å²) in [5, 5.41) is 0. The standard InChI is InChI=1S/C32H42O6/c1-3-5-7-9-13-25-17-21-27(22-18-25)31(33)37-35-29-15-11-12-16-30(29)36-38-32(34)28-23-19-26(20-24-28)14-10-8-6-4-2/h11,17-24,29H,3-10,12-16H2,1-2H3. The highest BCUT2D eigenvalue weighted by atomic mass is 17.2. The molecule has 6 nitrogen and oxygen atoms in total. The second-order valence-electron chi connectivity index (χ2n) is 9.95. The summed E-state index contributed by atoms with van der Waals surface area (Å²) in [6.07, 6.45) is 15.2. The molecule has 2 radical (unpaired) electrons. The first-order valence-corrected chi connectivity index (χ1v) is 14.2. The van der Waals surface area contributed by atoms with Crippen molar-refractivity contribution in [3.05, 3.63) is 83.3 Å². The van der Waals surface area contributed by atoms with E-state index in [-0.39, 0.29) is 0 Å². The second kappa shape index (κ2) is 17.0. The van der Waals surface area contributed by atoms with E-state index < -0.39 is 18.0 Å². The van der Waals surface area contributed by atoms with E-state index in [1.807, 2.05) is 30.7 Å². The monoisotopic (exact) mass is 522 g/mol. The van der Waals surface area contributed by atoms with Crippen LogP contribution in [0.5, 0.6) is 0 Å². The van der Waals surface area contributed by atoms with Crippen LogP contribution in [0.1, 0.15) is 116 Å². The molecule has 0 N–H and O–H groups in total. The Hall–Kier alpha value is -2.70. The maximum Gasteiger partial charge on any atom is 0.373 e. The van der Waals surface area contributed by atoms with Gasteiger partial charge in [0.1, 0.15) is 6.10 Å². The molecule has 6 heteroatoms. The van der Waals surface area contributed by atoms with Crippen molar-refractivity contribution in [2.75, 3.05) is 0 Å². The molecule has 0 heterocycles. The predicted molar refractivity (Wildman–Crippen MR) is 147 cm³/mol. The van der Waals surface area contributed by atoms with E-state index in [0.717, 1.165) is 32.1 Å². The minimum absolute atomic E-state index is 0.419. The summed E-state index contributed by atoms with van der Waals surface area (Å²) in [6, 6.07) is 14.8. The zero-order valence-corrected chi connectivity index (χ0v) is 22.9. The van der Waals surface area contributed by atoms with Crippen molar-refractivity contribution < 1.29 is 29.1 Å². The Bertz CT molecular complexity index is 873. The molecule has 38 heavy (non-hydrogen) atoms. The fourth-order valence-corrected chi connectivity index (χ4v) is 4.41. The van der Waals surface area contributed by atoms with Gasteiger partial charge in [0, 0.05) is 0 Å². The highest BCUT2D eigenvalue weighted by molar-refractivity contribution is 5.89. The molecule has 0 aromatic heterocycles. The molecular weight excluding hydrogens is 480 g/mol. The Balaban J connectivity index is 1.42. The number of unbranched alkanes of at least 4 members (excludes halogenated alkanes) is 6. The number of hydrogen-bond acceptors (Lipinski definition) is 6. The first-order chi connectivity index (χ1) is 18.6. The van der Waals surface area contributed by atoms with Crippen molar-refractivity contribution in [1.82, 2.24) is 0 Å². The molecule has 1 unspecified atom stereocenters. The van der Waals surface area contributed by atoms with E-state index in [4.69, 9.17) is 19.6 Å². The molecule has 0 spiro atoms. The molecule has 1 fully saturated rings. The van der Waals surface area contributed by atoms with Crippen molar-refractivity contribution in [3.8, 4) is 0 Å². The van der Waals surface area contributed by atoms with Gasteiger partial charge in [0.05, 0.1) is 11.1 Å². The van der Waals surface area contributed by atoms with Gasteiger partial charge in [0.25, 0.3) is 0 Å². The van der Waals surface area contributed by atoms with Crippen LogP contribution in [-0.4, -0.2) is 18.0 Å². The third kappa shape index (κ3) is 10.2. The molecular formula is C32H42O6. The molecule has 1 saturated carbocycles. The first kappa shape index (κ1) is 29.9. The van der Waals surface area contributed by atoms with E-state index in [9.17, 15) is 9.59 Å². The minimum Gasteiger partial charge on any atom is -0.292 e. The van der Waals surface area contributed by atoms with Gasteiger partial charge < -0.3 is 0 Å². The van der Waals surface area contributed by atoms with E-state index in [2.05, 4.69) is 13.8 Å². The van der Waals surface area contributed by atoms with Crippen LogP contribution in [0.25, 0.3) is 0 Å². The van der Waals surface area contributed by atoms with Crippen LogP contribution in [0.4, 0.5) is 0 Å². The maximum absolute atomic E-state index is 12.5. The normalized spacial score (nSPS) is 15.8. The van der Waals surface area contributed by atoms with Crippen LogP contribution in [0, 0.1) is 12.5 Å². The van der Waals surface area contributed by atoms with Crippen LogP contribution in [-0.2, 0) is 32.4 Å². The molecule has 3 rings (SSSR count). The highest BCUT2D eigenvalue weighted by Gasteiger charge is 2.33. The molecule has 0 bridgehead atoms. The third-order valence-electron chi connectivity index (χ3n) is 6.82. The van der Waals surface area contributed by atoms with E-state index in [1.165, 1.54) is 49.7 Å². The summed E-state index contributed by atoms with van der Waals surface area (Å²) in [5.74, 6) is -1.14. The van der Waals surface area contributed by atoms with E-state index >= 15 is 0 Å². The Kier molecular flexibility index (Phi) is 13.4. The highest BCUT2D eigenvalue weighted by Crippen LogP contribution is 2.30.